The minimum atomic E-state index is -1.23. The van der Waals surface area contributed by atoms with Crippen molar-refractivity contribution in [3.05, 3.63) is 0 Å². The van der Waals surface area contributed by atoms with Crippen LogP contribution in [0.15, 0.2) is 0 Å². The molecule has 2 amide bonds. The number of amides is 2. The molecule has 114 valence electrons. The number of nitrogens with zero attached hydrogens (tertiary/aromatic N) is 1. The number of carbonyl (C=O) groups is 3. The van der Waals surface area contributed by atoms with Crippen molar-refractivity contribution in [1.29, 1.82) is 0 Å². The molecule has 0 spiro atoms. The van der Waals surface area contributed by atoms with E-state index in [2.05, 4.69) is 0 Å². The molecule has 20 heavy (non-hydrogen) atoms. The van der Waals surface area contributed by atoms with Gasteiger partial charge >= 0.3 is 6.04 Å². The molecule has 0 bridgehead atoms. The molecule has 2 fully saturated rings. The molecule has 4 nitrogen and oxygen atoms in total. The van der Waals surface area contributed by atoms with E-state index in [-0.39, 0.29) is 23.7 Å². The van der Waals surface area contributed by atoms with Crippen LogP contribution in [0.3, 0.4) is 0 Å². The van der Waals surface area contributed by atoms with E-state index in [0.717, 1.165) is 0 Å². The summed E-state index contributed by atoms with van der Waals surface area (Å²) in [5.41, 5.74) is 0. The van der Waals surface area contributed by atoms with E-state index in [0.29, 0.717) is 38.6 Å². The highest BCUT2D eigenvalue weighted by atomic mass is 19.1. The number of likely N-dealkylation sites (tertiary alicyclic amines) is 1. The Kier molecular flexibility index (Phi) is 6.30. The van der Waals surface area contributed by atoms with Gasteiger partial charge in [-0.25, -0.2) is 0 Å². The van der Waals surface area contributed by atoms with Crippen LogP contribution in [-0.2, 0) is 14.4 Å². The molecule has 1 saturated carbocycles. The Hall–Kier alpha value is -1.26. The first-order valence-electron chi connectivity index (χ1n) is 7.52. The lowest BCUT2D eigenvalue weighted by atomic mass is 9.82. The Morgan fingerprint density at radius 3 is 2.15 bits per heavy atom. The molecule has 0 aromatic rings. The Bertz CT molecular complexity index is 375. The maximum absolute atomic E-state index is 12.5. The van der Waals surface area contributed by atoms with Gasteiger partial charge in [-0.2, -0.15) is 4.39 Å². The van der Waals surface area contributed by atoms with Gasteiger partial charge in [0.05, 0.1) is 0 Å². The molecule has 0 aromatic carbocycles. The SMILES string of the molecule is CC.CC1CC(=O)N(CC2CCC(C(=O)F)CC2)C1=O. The molecule has 2 rings (SSSR count). The molecule has 1 unspecified atom stereocenters. The zero-order valence-corrected chi connectivity index (χ0v) is 12.5. The third-order valence-corrected chi connectivity index (χ3v) is 4.08. The van der Waals surface area contributed by atoms with Crippen LogP contribution < -0.4 is 0 Å². The number of carbonyl (C=O) groups excluding carboxylic acids is 3. The molecule has 0 aromatic heterocycles. The van der Waals surface area contributed by atoms with Crippen LogP contribution in [0.4, 0.5) is 4.39 Å². The quantitative estimate of drug-likeness (QED) is 0.592. The second kappa shape index (κ2) is 7.50. The smallest absolute Gasteiger partial charge is 0.282 e. The van der Waals surface area contributed by atoms with Crippen molar-refractivity contribution < 1.29 is 18.8 Å². The fraction of sp³-hybridized carbons (Fsp3) is 0.800. The van der Waals surface area contributed by atoms with Crippen molar-refractivity contribution in [3.63, 3.8) is 0 Å². The second-order valence-corrected chi connectivity index (χ2v) is 5.47. The van der Waals surface area contributed by atoms with Crippen LogP contribution in [0.1, 0.15) is 52.9 Å². The van der Waals surface area contributed by atoms with Crippen molar-refractivity contribution in [3.8, 4) is 0 Å². The average Bonchev–Trinajstić information content (AvgIpc) is 2.68. The second-order valence-electron chi connectivity index (χ2n) is 5.47. The van der Waals surface area contributed by atoms with Gasteiger partial charge in [0.2, 0.25) is 11.8 Å². The summed E-state index contributed by atoms with van der Waals surface area (Å²) in [4.78, 5) is 35.3. The fourth-order valence-corrected chi connectivity index (χ4v) is 2.87. The number of imide groups is 1. The zero-order valence-electron chi connectivity index (χ0n) is 12.5. The van der Waals surface area contributed by atoms with Crippen LogP contribution in [0.25, 0.3) is 0 Å². The molecule has 1 heterocycles. The largest absolute Gasteiger partial charge is 0.304 e. The predicted molar refractivity (Wildman–Crippen MR) is 73.4 cm³/mol. The van der Waals surface area contributed by atoms with Crippen LogP contribution in [0, 0.1) is 17.8 Å². The van der Waals surface area contributed by atoms with E-state index in [1.807, 2.05) is 13.8 Å². The monoisotopic (exact) mass is 285 g/mol. The first kappa shape index (κ1) is 16.8. The summed E-state index contributed by atoms with van der Waals surface area (Å²) in [6.07, 6.45) is 2.80. The van der Waals surface area contributed by atoms with E-state index in [1.165, 1.54) is 4.90 Å². The summed E-state index contributed by atoms with van der Waals surface area (Å²) < 4.78 is 12.5. The van der Waals surface area contributed by atoms with E-state index in [9.17, 15) is 18.8 Å². The van der Waals surface area contributed by atoms with Gasteiger partial charge in [-0.05, 0) is 31.6 Å². The van der Waals surface area contributed by atoms with Crippen LogP contribution in [0.2, 0.25) is 0 Å². The van der Waals surface area contributed by atoms with E-state index in [4.69, 9.17) is 0 Å². The van der Waals surface area contributed by atoms with Crippen molar-refractivity contribution in [2.75, 3.05) is 6.54 Å². The lowest BCUT2D eigenvalue weighted by Gasteiger charge is -2.28. The normalized spacial score (nSPS) is 30.0. The van der Waals surface area contributed by atoms with Gasteiger partial charge in [-0.1, -0.05) is 20.8 Å². The number of hydrogen-bond donors (Lipinski definition) is 0. The first-order chi connectivity index (χ1) is 9.49. The van der Waals surface area contributed by atoms with E-state index >= 15 is 0 Å². The Morgan fingerprint density at radius 1 is 1.20 bits per heavy atom. The van der Waals surface area contributed by atoms with Crippen molar-refractivity contribution >= 4 is 17.9 Å². The molecule has 0 N–H and O–H groups in total. The molecule has 1 aliphatic heterocycles. The molecule has 1 aliphatic carbocycles. The Morgan fingerprint density at radius 2 is 1.75 bits per heavy atom. The van der Waals surface area contributed by atoms with Gasteiger partial charge in [0.25, 0.3) is 0 Å². The lowest BCUT2D eigenvalue weighted by molar-refractivity contribution is -0.141. The number of halogens is 1. The topological polar surface area (TPSA) is 54.5 Å². The summed E-state index contributed by atoms with van der Waals surface area (Å²) in [6.45, 7) is 6.20. The summed E-state index contributed by atoms with van der Waals surface area (Å²) in [6, 6.07) is -1.23. The summed E-state index contributed by atoms with van der Waals surface area (Å²) in [5, 5.41) is 0. The highest BCUT2D eigenvalue weighted by Gasteiger charge is 2.37. The third-order valence-electron chi connectivity index (χ3n) is 4.08. The highest BCUT2D eigenvalue weighted by molar-refractivity contribution is 6.03. The minimum absolute atomic E-state index is 0.0938. The van der Waals surface area contributed by atoms with Gasteiger partial charge in [0.15, 0.2) is 0 Å². The molecule has 5 heteroatoms. The van der Waals surface area contributed by atoms with Crippen molar-refractivity contribution in [1.82, 2.24) is 4.90 Å². The molecule has 1 saturated heterocycles. The summed E-state index contributed by atoms with van der Waals surface area (Å²) in [5.74, 6) is -0.648. The first-order valence-corrected chi connectivity index (χ1v) is 7.52. The highest BCUT2D eigenvalue weighted by Crippen LogP contribution is 2.31. The van der Waals surface area contributed by atoms with Gasteiger partial charge in [0, 0.05) is 24.8 Å². The third kappa shape index (κ3) is 3.87. The van der Waals surface area contributed by atoms with E-state index < -0.39 is 12.0 Å². The zero-order chi connectivity index (χ0) is 15.3. The molecular formula is C15H24FNO3. The van der Waals surface area contributed by atoms with Gasteiger partial charge in [-0.3, -0.25) is 19.3 Å². The van der Waals surface area contributed by atoms with Crippen LogP contribution in [0.5, 0.6) is 0 Å². The Balaban J connectivity index is 0.000000956. The van der Waals surface area contributed by atoms with Crippen LogP contribution >= 0.6 is 0 Å². The van der Waals surface area contributed by atoms with Crippen LogP contribution in [-0.4, -0.2) is 29.3 Å². The van der Waals surface area contributed by atoms with Crippen molar-refractivity contribution in [2.45, 2.75) is 52.9 Å². The number of hydrogen-bond acceptors (Lipinski definition) is 3. The molecule has 2 aliphatic rings. The lowest BCUT2D eigenvalue weighted by Crippen LogP contribution is -2.36. The average molecular weight is 285 g/mol. The molecule has 0 radical (unpaired) electrons. The van der Waals surface area contributed by atoms with Gasteiger partial charge < -0.3 is 0 Å². The predicted octanol–water partition coefficient (Wildman–Crippen LogP) is 2.71. The molecule has 1 atom stereocenters. The maximum Gasteiger partial charge on any atom is 0.304 e. The minimum Gasteiger partial charge on any atom is -0.282 e. The summed E-state index contributed by atoms with van der Waals surface area (Å²) >= 11 is 0. The van der Waals surface area contributed by atoms with Gasteiger partial charge in [0.1, 0.15) is 0 Å². The standard InChI is InChI=1S/C13H18FNO3.C2H6/c1-8-6-11(16)15(13(8)18)7-9-2-4-10(5-3-9)12(14)17;1-2/h8-10H,2-7H2,1H3;1-2H3. The fourth-order valence-electron chi connectivity index (χ4n) is 2.87. The van der Waals surface area contributed by atoms with Gasteiger partial charge in [-0.15, -0.1) is 0 Å². The Labute approximate surface area is 119 Å². The van der Waals surface area contributed by atoms with E-state index in [1.54, 1.807) is 6.92 Å². The number of rotatable bonds is 3. The molecular weight excluding hydrogens is 261 g/mol. The van der Waals surface area contributed by atoms with Crippen molar-refractivity contribution in [2.24, 2.45) is 17.8 Å². The maximum atomic E-state index is 12.5. The summed E-state index contributed by atoms with van der Waals surface area (Å²) in [7, 11) is 0.